The second-order valence-corrected chi connectivity index (χ2v) is 6.76. The van der Waals surface area contributed by atoms with E-state index in [9.17, 15) is 4.79 Å². The summed E-state index contributed by atoms with van der Waals surface area (Å²) in [4.78, 5) is 19.0. The fourth-order valence-corrected chi connectivity index (χ4v) is 3.87. The third-order valence-electron chi connectivity index (χ3n) is 4.41. The molecule has 2 fully saturated rings. The van der Waals surface area contributed by atoms with Gasteiger partial charge in [0.25, 0.3) is 5.91 Å². The van der Waals surface area contributed by atoms with Crippen LogP contribution in [0.25, 0.3) is 11.0 Å². The first-order valence-corrected chi connectivity index (χ1v) is 8.05. The van der Waals surface area contributed by atoms with E-state index in [1.54, 1.807) is 12.3 Å². The summed E-state index contributed by atoms with van der Waals surface area (Å²) in [6, 6.07) is 3.78. The van der Waals surface area contributed by atoms with Crippen LogP contribution in [0.15, 0.2) is 27.4 Å². The zero-order valence-corrected chi connectivity index (χ0v) is 13.1. The molecule has 0 saturated carbocycles. The van der Waals surface area contributed by atoms with E-state index in [0.29, 0.717) is 15.9 Å². The number of aromatic nitrogens is 1. The number of hydrogen-bond donors (Lipinski definition) is 1. The van der Waals surface area contributed by atoms with Gasteiger partial charge in [0.2, 0.25) is 0 Å². The maximum Gasteiger partial charge on any atom is 0.270 e. The maximum atomic E-state index is 12.4. The maximum absolute atomic E-state index is 12.4. The number of pyridine rings is 1. The predicted molar refractivity (Wildman–Crippen MR) is 82.1 cm³/mol. The Kier molecular flexibility index (Phi) is 3.23. The summed E-state index contributed by atoms with van der Waals surface area (Å²) in [5, 5.41) is 4.00. The zero-order valence-electron chi connectivity index (χ0n) is 11.5. The molecule has 0 aromatic carbocycles. The predicted octanol–water partition coefficient (Wildman–Crippen LogP) is 2.41. The van der Waals surface area contributed by atoms with Gasteiger partial charge >= 0.3 is 0 Å². The molecule has 2 bridgehead atoms. The molecular weight excluding hydrogens is 334 g/mol. The number of piperidine rings is 1. The average molecular weight is 350 g/mol. The van der Waals surface area contributed by atoms with Gasteiger partial charge in [0.05, 0.1) is 0 Å². The van der Waals surface area contributed by atoms with Crippen LogP contribution < -0.4 is 5.32 Å². The van der Waals surface area contributed by atoms with Crippen LogP contribution in [0.4, 0.5) is 0 Å². The Hall–Kier alpha value is -1.40. The van der Waals surface area contributed by atoms with E-state index in [1.165, 1.54) is 19.5 Å². The molecule has 4 rings (SSSR count). The van der Waals surface area contributed by atoms with Gasteiger partial charge in [-0.15, -0.1) is 0 Å². The number of carbonyl (C=O) groups is 1. The number of carbonyl (C=O) groups excluding carboxylic acids is 1. The average Bonchev–Trinajstić information content (AvgIpc) is 2.99. The Bertz CT molecular complexity index is 687. The Morgan fingerprint density at radius 1 is 1.43 bits per heavy atom. The highest BCUT2D eigenvalue weighted by Crippen LogP contribution is 2.27. The van der Waals surface area contributed by atoms with Crippen molar-refractivity contribution in [1.29, 1.82) is 0 Å². The Morgan fingerprint density at radius 3 is 3.19 bits per heavy atom. The summed E-state index contributed by atoms with van der Waals surface area (Å²) in [5.74, 6) is 0.623. The van der Waals surface area contributed by atoms with Crippen molar-refractivity contribution in [2.45, 2.75) is 18.9 Å². The van der Waals surface area contributed by atoms with E-state index in [4.69, 9.17) is 4.42 Å². The van der Waals surface area contributed by atoms with Crippen LogP contribution in [-0.2, 0) is 0 Å². The zero-order chi connectivity index (χ0) is 14.4. The molecule has 1 amide bonds. The molecule has 4 heterocycles. The summed E-state index contributed by atoms with van der Waals surface area (Å²) in [7, 11) is 0. The summed E-state index contributed by atoms with van der Waals surface area (Å²) >= 11 is 3.29. The van der Waals surface area contributed by atoms with E-state index < -0.39 is 0 Å². The lowest BCUT2D eigenvalue weighted by Gasteiger charge is -2.30. The van der Waals surface area contributed by atoms with Crippen LogP contribution >= 0.6 is 15.9 Å². The lowest BCUT2D eigenvalue weighted by Crippen LogP contribution is -2.47. The molecule has 5 nitrogen and oxygen atoms in total. The largest absolute Gasteiger partial charge is 0.449 e. The van der Waals surface area contributed by atoms with Gasteiger partial charge in [-0.1, -0.05) is 0 Å². The summed E-state index contributed by atoms with van der Waals surface area (Å²) in [6.45, 7) is 3.31. The lowest BCUT2D eigenvalue weighted by atomic mass is 9.97. The van der Waals surface area contributed by atoms with Crippen LogP contribution in [0, 0.1) is 5.92 Å². The molecule has 2 aliphatic heterocycles. The number of hydrogen-bond acceptors (Lipinski definition) is 4. The van der Waals surface area contributed by atoms with Crippen molar-refractivity contribution in [3.63, 3.8) is 0 Å². The molecule has 0 radical (unpaired) electrons. The number of halogens is 1. The Labute approximate surface area is 130 Å². The molecule has 110 valence electrons. The molecule has 1 N–H and O–H groups in total. The van der Waals surface area contributed by atoms with Gasteiger partial charge in [0.15, 0.2) is 4.67 Å². The second kappa shape index (κ2) is 5.10. The first-order valence-electron chi connectivity index (χ1n) is 7.26. The van der Waals surface area contributed by atoms with E-state index in [1.807, 2.05) is 6.07 Å². The molecule has 3 atom stereocenters. The first-order chi connectivity index (χ1) is 10.2. The molecule has 2 aliphatic rings. The van der Waals surface area contributed by atoms with Gasteiger partial charge in [-0.05, 0) is 41.2 Å². The SMILES string of the molecule is O=C(N[C@@H]1C[C@H]2CCN(C2)C1)c1cc2oc(Br)cc2cn1. The van der Waals surface area contributed by atoms with E-state index in [0.717, 1.165) is 24.3 Å². The molecule has 2 saturated heterocycles. The monoisotopic (exact) mass is 349 g/mol. The highest BCUT2D eigenvalue weighted by molar-refractivity contribution is 9.10. The normalized spacial score (nSPS) is 28.0. The summed E-state index contributed by atoms with van der Waals surface area (Å²) < 4.78 is 6.13. The van der Waals surface area contributed by atoms with Crippen LogP contribution in [0.1, 0.15) is 23.3 Å². The number of rotatable bonds is 2. The van der Waals surface area contributed by atoms with Gasteiger partial charge in [-0.2, -0.15) is 0 Å². The van der Waals surface area contributed by atoms with Crippen LogP contribution in [0.5, 0.6) is 0 Å². The minimum atomic E-state index is -0.114. The van der Waals surface area contributed by atoms with Crippen molar-refractivity contribution in [2.24, 2.45) is 5.92 Å². The smallest absolute Gasteiger partial charge is 0.270 e. The molecule has 1 unspecified atom stereocenters. The molecular formula is C15H16BrN3O2. The highest BCUT2D eigenvalue weighted by atomic mass is 79.9. The van der Waals surface area contributed by atoms with Gasteiger partial charge < -0.3 is 14.6 Å². The molecule has 0 aliphatic carbocycles. The van der Waals surface area contributed by atoms with Crippen molar-refractivity contribution < 1.29 is 9.21 Å². The Balaban J connectivity index is 1.50. The fraction of sp³-hybridized carbons (Fsp3) is 0.467. The van der Waals surface area contributed by atoms with Gasteiger partial charge in [0, 0.05) is 42.8 Å². The van der Waals surface area contributed by atoms with Gasteiger partial charge in [-0.3, -0.25) is 9.78 Å². The van der Waals surface area contributed by atoms with Crippen molar-refractivity contribution >= 4 is 32.8 Å². The number of fused-ring (bicyclic) bond motifs is 3. The van der Waals surface area contributed by atoms with Crippen molar-refractivity contribution in [3.8, 4) is 0 Å². The van der Waals surface area contributed by atoms with E-state index in [-0.39, 0.29) is 11.9 Å². The quantitative estimate of drug-likeness (QED) is 0.904. The molecule has 21 heavy (non-hydrogen) atoms. The topological polar surface area (TPSA) is 58.4 Å². The van der Waals surface area contributed by atoms with Gasteiger partial charge in [-0.25, -0.2) is 0 Å². The molecule has 2 aromatic rings. The number of nitrogens with one attached hydrogen (secondary N) is 1. The third kappa shape index (κ3) is 2.58. The summed E-state index contributed by atoms with van der Waals surface area (Å²) in [5.41, 5.74) is 1.09. The summed E-state index contributed by atoms with van der Waals surface area (Å²) in [6.07, 6.45) is 4.01. The number of amides is 1. The molecule has 6 heteroatoms. The lowest BCUT2D eigenvalue weighted by molar-refractivity contribution is 0.0904. The van der Waals surface area contributed by atoms with Crippen LogP contribution in [-0.4, -0.2) is 41.5 Å². The van der Waals surface area contributed by atoms with Crippen LogP contribution in [0.2, 0.25) is 0 Å². The van der Waals surface area contributed by atoms with E-state index >= 15 is 0 Å². The highest BCUT2D eigenvalue weighted by Gasteiger charge is 2.33. The Morgan fingerprint density at radius 2 is 2.33 bits per heavy atom. The molecule has 2 aromatic heterocycles. The number of nitrogens with zero attached hydrogens (tertiary/aromatic N) is 2. The second-order valence-electron chi connectivity index (χ2n) is 5.98. The third-order valence-corrected chi connectivity index (χ3v) is 4.80. The molecule has 0 spiro atoms. The van der Waals surface area contributed by atoms with Crippen molar-refractivity contribution in [2.75, 3.05) is 19.6 Å². The minimum absolute atomic E-state index is 0.114. The van der Waals surface area contributed by atoms with Gasteiger partial charge in [0.1, 0.15) is 11.3 Å². The standard InChI is InChI=1S/C15H16BrN3O2/c16-14-4-10-6-17-12(5-13(10)21-14)15(20)18-11-3-9-1-2-19(7-9)8-11/h4-6,9,11H,1-3,7-8H2,(H,18,20)/t9-,11-/m1/s1. The van der Waals surface area contributed by atoms with Crippen molar-refractivity contribution in [3.05, 3.63) is 28.7 Å². The minimum Gasteiger partial charge on any atom is -0.449 e. The van der Waals surface area contributed by atoms with Crippen molar-refractivity contribution in [1.82, 2.24) is 15.2 Å². The fourth-order valence-electron chi connectivity index (χ4n) is 3.45. The van der Waals surface area contributed by atoms with Crippen LogP contribution in [0.3, 0.4) is 0 Å². The van der Waals surface area contributed by atoms with E-state index in [2.05, 4.69) is 31.1 Å². The number of furan rings is 1. The first kappa shape index (κ1) is 13.3.